The van der Waals surface area contributed by atoms with E-state index in [0.717, 1.165) is 34.5 Å². The van der Waals surface area contributed by atoms with Crippen LogP contribution in [-0.2, 0) is 12.8 Å². The molecular weight excluding hydrogens is 360 g/mol. The normalized spacial score (nSPS) is 12.1. The predicted molar refractivity (Wildman–Crippen MR) is 110 cm³/mol. The lowest BCUT2D eigenvalue weighted by atomic mass is 10.1. The van der Waals surface area contributed by atoms with Gasteiger partial charge in [0.2, 0.25) is 0 Å². The molecule has 0 saturated carbocycles. The minimum Gasteiger partial charge on any atom is -0.491 e. The summed E-state index contributed by atoms with van der Waals surface area (Å²) in [4.78, 5) is 4.73. The smallest absolute Gasteiger partial charge is 0.151 e. The van der Waals surface area contributed by atoms with Crippen molar-refractivity contribution in [3.8, 4) is 11.5 Å². The Kier molecular flexibility index (Phi) is 6.24. The van der Waals surface area contributed by atoms with Gasteiger partial charge in [-0.05, 0) is 31.5 Å². The topological polar surface area (TPSA) is 86.0 Å². The van der Waals surface area contributed by atoms with Crippen LogP contribution in [-0.4, -0.2) is 32.9 Å². The average molecular weight is 385 g/mol. The Labute approximate surface area is 164 Å². The zero-order valence-corrected chi connectivity index (χ0v) is 16.4. The zero-order valence-electron chi connectivity index (χ0n) is 15.6. The number of aromatic amines is 1. The van der Waals surface area contributed by atoms with E-state index in [9.17, 15) is 0 Å². The quantitative estimate of drug-likeness (QED) is 0.549. The fraction of sp³-hybridized carbons (Fsp3) is 0.350. The van der Waals surface area contributed by atoms with Crippen molar-refractivity contribution < 1.29 is 9.47 Å². The van der Waals surface area contributed by atoms with E-state index >= 15 is 0 Å². The number of nitrogens with two attached hydrogens (primary N) is 1. The molecule has 2 heterocycles. The van der Waals surface area contributed by atoms with Crippen LogP contribution < -0.4 is 15.2 Å². The number of hydrogen-bond acceptors (Lipinski definition) is 5. The van der Waals surface area contributed by atoms with Gasteiger partial charge in [-0.2, -0.15) is 5.10 Å². The summed E-state index contributed by atoms with van der Waals surface area (Å²) in [5.41, 5.74) is 8.31. The van der Waals surface area contributed by atoms with E-state index in [1.165, 1.54) is 0 Å². The van der Waals surface area contributed by atoms with Gasteiger partial charge < -0.3 is 15.2 Å². The molecule has 0 saturated heterocycles. The van der Waals surface area contributed by atoms with Crippen LogP contribution >= 0.6 is 12.2 Å². The van der Waals surface area contributed by atoms with E-state index in [1.807, 2.05) is 37.3 Å². The minimum atomic E-state index is 0.106. The summed E-state index contributed by atoms with van der Waals surface area (Å²) < 4.78 is 12.0. The van der Waals surface area contributed by atoms with Crippen molar-refractivity contribution in [2.24, 2.45) is 5.73 Å². The standard InChI is InChI=1S/C20H24N4O2S/c1-3-13(2)26-15-10-16-17(12-19(21)27)23-24-20(16)18(11-15)25-9-7-14-6-4-5-8-22-14/h4-6,8,10-11,13H,3,7,9,12H2,1-2H3,(H2,21,27)(H,23,24)/t13-/m0/s1. The van der Waals surface area contributed by atoms with Crippen molar-refractivity contribution in [3.05, 3.63) is 47.9 Å². The lowest BCUT2D eigenvalue weighted by Crippen LogP contribution is -2.12. The molecule has 1 atom stereocenters. The van der Waals surface area contributed by atoms with E-state index in [1.54, 1.807) is 6.20 Å². The zero-order chi connectivity index (χ0) is 19.2. The summed E-state index contributed by atoms with van der Waals surface area (Å²) in [6.07, 6.45) is 3.97. The first-order valence-corrected chi connectivity index (χ1v) is 9.46. The van der Waals surface area contributed by atoms with Crippen LogP contribution in [0.25, 0.3) is 10.9 Å². The maximum Gasteiger partial charge on any atom is 0.151 e. The van der Waals surface area contributed by atoms with Gasteiger partial charge in [-0.3, -0.25) is 10.1 Å². The van der Waals surface area contributed by atoms with Crippen molar-refractivity contribution >= 4 is 28.1 Å². The van der Waals surface area contributed by atoms with E-state index in [2.05, 4.69) is 22.1 Å². The molecule has 1 aromatic carbocycles. The van der Waals surface area contributed by atoms with Crippen LogP contribution in [0.4, 0.5) is 0 Å². The Morgan fingerprint density at radius 2 is 2.19 bits per heavy atom. The SMILES string of the molecule is CC[C@H](C)Oc1cc(OCCc2ccccn2)c2n[nH]c(CC(N)=S)c2c1. The van der Waals surface area contributed by atoms with Crippen molar-refractivity contribution in [1.29, 1.82) is 0 Å². The second-order valence-electron chi connectivity index (χ2n) is 6.42. The molecule has 0 aliphatic rings. The van der Waals surface area contributed by atoms with Crippen LogP contribution in [0.5, 0.6) is 11.5 Å². The Balaban J connectivity index is 1.86. The summed E-state index contributed by atoms with van der Waals surface area (Å²) in [5.74, 6) is 1.42. The monoisotopic (exact) mass is 384 g/mol. The van der Waals surface area contributed by atoms with Crippen molar-refractivity contribution in [2.45, 2.75) is 39.2 Å². The van der Waals surface area contributed by atoms with Gasteiger partial charge in [-0.25, -0.2) is 0 Å². The third kappa shape index (κ3) is 4.95. The molecule has 3 N–H and O–H groups in total. The number of nitrogens with one attached hydrogen (secondary N) is 1. The Morgan fingerprint density at radius 3 is 2.89 bits per heavy atom. The number of aromatic nitrogens is 3. The molecule has 0 fully saturated rings. The fourth-order valence-corrected chi connectivity index (χ4v) is 2.87. The fourth-order valence-electron chi connectivity index (χ4n) is 2.73. The van der Waals surface area contributed by atoms with Crippen LogP contribution in [0.15, 0.2) is 36.5 Å². The number of thiocarbonyl (C=S) groups is 1. The molecule has 0 radical (unpaired) electrons. The summed E-state index contributed by atoms with van der Waals surface area (Å²) in [5, 5.41) is 8.34. The van der Waals surface area contributed by atoms with Crippen molar-refractivity contribution in [3.63, 3.8) is 0 Å². The molecular formula is C20H24N4O2S. The molecule has 6 nitrogen and oxygen atoms in total. The molecule has 0 aliphatic heterocycles. The Bertz CT molecular complexity index is 911. The maximum absolute atomic E-state index is 6.03. The maximum atomic E-state index is 6.03. The van der Waals surface area contributed by atoms with Gasteiger partial charge in [0.15, 0.2) is 5.75 Å². The molecule has 0 spiro atoms. The highest BCUT2D eigenvalue weighted by molar-refractivity contribution is 7.80. The van der Waals surface area contributed by atoms with Crippen LogP contribution in [0.2, 0.25) is 0 Å². The van der Waals surface area contributed by atoms with E-state index in [4.69, 9.17) is 27.4 Å². The molecule has 27 heavy (non-hydrogen) atoms. The first-order chi connectivity index (χ1) is 13.1. The molecule has 0 amide bonds. The molecule has 7 heteroatoms. The van der Waals surface area contributed by atoms with Gasteiger partial charge in [0.05, 0.1) is 23.4 Å². The van der Waals surface area contributed by atoms with Crippen molar-refractivity contribution in [2.75, 3.05) is 6.61 Å². The summed E-state index contributed by atoms with van der Waals surface area (Å²) in [7, 11) is 0. The van der Waals surface area contributed by atoms with Gasteiger partial charge >= 0.3 is 0 Å². The Morgan fingerprint density at radius 1 is 1.33 bits per heavy atom. The summed E-state index contributed by atoms with van der Waals surface area (Å²) >= 11 is 5.05. The van der Waals surface area contributed by atoms with Crippen molar-refractivity contribution in [1.82, 2.24) is 15.2 Å². The number of rotatable bonds is 9. The van der Waals surface area contributed by atoms with Crippen LogP contribution in [0, 0.1) is 0 Å². The van der Waals surface area contributed by atoms with Crippen LogP contribution in [0.3, 0.4) is 0 Å². The average Bonchev–Trinajstić information content (AvgIpc) is 3.05. The molecule has 0 aliphatic carbocycles. The molecule has 3 rings (SSSR count). The number of hydrogen-bond donors (Lipinski definition) is 2. The minimum absolute atomic E-state index is 0.106. The Hall–Kier alpha value is -2.67. The van der Waals surface area contributed by atoms with Crippen LogP contribution in [0.1, 0.15) is 31.7 Å². The highest BCUT2D eigenvalue weighted by Gasteiger charge is 2.15. The van der Waals surface area contributed by atoms with E-state index < -0.39 is 0 Å². The number of fused-ring (bicyclic) bond motifs is 1. The molecule has 3 aromatic rings. The lowest BCUT2D eigenvalue weighted by molar-refractivity contribution is 0.216. The highest BCUT2D eigenvalue weighted by atomic mass is 32.1. The van der Waals surface area contributed by atoms with Gasteiger partial charge in [-0.1, -0.05) is 25.2 Å². The number of H-pyrrole nitrogens is 1. The molecule has 142 valence electrons. The predicted octanol–water partition coefficient (Wildman–Crippen LogP) is 3.59. The van der Waals surface area contributed by atoms with Gasteiger partial charge in [0.25, 0.3) is 0 Å². The second kappa shape index (κ2) is 8.81. The number of ether oxygens (including phenoxy) is 2. The third-order valence-corrected chi connectivity index (χ3v) is 4.43. The molecule has 0 unspecified atom stereocenters. The van der Waals surface area contributed by atoms with Gasteiger partial charge in [0.1, 0.15) is 11.3 Å². The largest absolute Gasteiger partial charge is 0.491 e. The van der Waals surface area contributed by atoms with Gasteiger partial charge in [-0.15, -0.1) is 0 Å². The third-order valence-electron chi connectivity index (χ3n) is 4.28. The first-order valence-electron chi connectivity index (χ1n) is 9.05. The highest BCUT2D eigenvalue weighted by Crippen LogP contribution is 2.32. The van der Waals surface area contributed by atoms with E-state index in [-0.39, 0.29) is 6.10 Å². The second-order valence-corrected chi connectivity index (χ2v) is 6.94. The summed E-state index contributed by atoms with van der Waals surface area (Å²) in [6.45, 7) is 4.62. The molecule has 2 aromatic heterocycles. The number of benzene rings is 1. The van der Waals surface area contributed by atoms with E-state index in [0.29, 0.717) is 30.2 Å². The van der Waals surface area contributed by atoms with Gasteiger partial charge in [0, 0.05) is 36.2 Å². The number of nitrogens with zero attached hydrogens (tertiary/aromatic N) is 2. The molecule has 0 bridgehead atoms. The number of pyridine rings is 1. The lowest BCUT2D eigenvalue weighted by Gasteiger charge is -2.15. The first kappa shape index (κ1) is 19.1. The summed E-state index contributed by atoms with van der Waals surface area (Å²) in [6, 6.07) is 9.70.